The molecular weight excluding hydrogens is 462 g/mol. The predicted octanol–water partition coefficient (Wildman–Crippen LogP) is 2.41. The molecule has 6 nitrogen and oxygen atoms in total. The highest BCUT2D eigenvalue weighted by Crippen LogP contribution is 2.16. The van der Waals surface area contributed by atoms with Crippen LogP contribution in [0.1, 0.15) is 24.5 Å². The SMILES string of the molecule is CN=C(NCC(OC)c1ccc(F)cc1)NC1CCN(CCOC)CC1.I. The van der Waals surface area contributed by atoms with Gasteiger partial charge in [0.25, 0.3) is 0 Å². The molecule has 0 spiro atoms. The van der Waals surface area contributed by atoms with E-state index in [1.165, 1.54) is 12.1 Å². The lowest BCUT2D eigenvalue weighted by Gasteiger charge is -2.33. The first-order valence-electron chi connectivity index (χ1n) is 9.13. The van der Waals surface area contributed by atoms with Gasteiger partial charge in [0.05, 0.1) is 12.7 Å². The van der Waals surface area contributed by atoms with Gasteiger partial charge in [-0.2, -0.15) is 0 Å². The summed E-state index contributed by atoms with van der Waals surface area (Å²) in [5.41, 5.74) is 0.934. The molecule has 0 radical (unpaired) electrons. The number of nitrogens with one attached hydrogen (secondary N) is 2. The van der Waals surface area contributed by atoms with Crippen LogP contribution in [0.2, 0.25) is 0 Å². The van der Waals surface area contributed by atoms with Crippen LogP contribution >= 0.6 is 24.0 Å². The summed E-state index contributed by atoms with van der Waals surface area (Å²) in [6, 6.07) is 6.80. The lowest BCUT2D eigenvalue weighted by Crippen LogP contribution is -2.49. The van der Waals surface area contributed by atoms with E-state index >= 15 is 0 Å². The number of aliphatic imine (C=N–C) groups is 1. The van der Waals surface area contributed by atoms with E-state index in [-0.39, 0.29) is 35.9 Å². The molecule has 2 rings (SSSR count). The Labute approximate surface area is 178 Å². The van der Waals surface area contributed by atoms with Crippen molar-refractivity contribution in [2.75, 3.05) is 54.1 Å². The first-order valence-corrected chi connectivity index (χ1v) is 9.13. The van der Waals surface area contributed by atoms with E-state index in [1.807, 2.05) is 0 Å². The zero-order chi connectivity index (χ0) is 18.8. The molecule has 0 aliphatic carbocycles. The predicted molar refractivity (Wildman–Crippen MR) is 117 cm³/mol. The molecule has 1 unspecified atom stereocenters. The summed E-state index contributed by atoms with van der Waals surface area (Å²) in [6.45, 7) is 4.46. The van der Waals surface area contributed by atoms with Gasteiger partial charge in [-0.3, -0.25) is 4.99 Å². The Bertz CT molecular complexity index is 551. The van der Waals surface area contributed by atoms with Gasteiger partial charge in [0, 0.05) is 53.5 Å². The molecule has 0 saturated carbocycles. The molecule has 2 N–H and O–H groups in total. The van der Waals surface area contributed by atoms with Crippen molar-refractivity contribution in [1.29, 1.82) is 0 Å². The maximum Gasteiger partial charge on any atom is 0.191 e. The molecule has 1 saturated heterocycles. The Morgan fingerprint density at radius 2 is 1.93 bits per heavy atom. The van der Waals surface area contributed by atoms with Gasteiger partial charge in [0.15, 0.2) is 5.96 Å². The fraction of sp³-hybridized carbons (Fsp3) is 0.632. The summed E-state index contributed by atoms with van der Waals surface area (Å²) in [4.78, 5) is 6.73. The van der Waals surface area contributed by atoms with Crippen LogP contribution in [-0.2, 0) is 9.47 Å². The molecule has 1 fully saturated rings. The van der Waals surface area contributed by atoms with Gasteiger partial charge in [-0.15, -0.1) is 24.0 Å². The first kappa shape index (κ1) is 24.1. The van der Waals surface area contributed by atoms with Crippen LogP contribution in [0.3, 0.4) is 0 Å². The van der Waals surface area contributed by atoms with Crippen molar-refractivity contribution in [2.45, 2.75) is 25.0 Å². The smallest absolute Gasteiger partial charge is 0.191 e. The van der Waals surface area contributed by atoms with Crippen LogP contribution < -0.4 is 10.6 Å². The van der Waals surface area contributed by atoms with Crippen LogP contribution in [0, 0.1) is 5.82 Å². The number of hydrogen-bond acceptors (Lipinski definition) is 4. The summed E-state index contributed by atoms with van der Waals surface area (Å²) in [5, 5.41) is 6.80. The van der Waals surface area contributed by atoms with E-state index in [1.54, 1.807) is 33.4 Å². The second-order valence-electron chi connectivity index (χ2n) is 6.48. The number of benzene rings is 1. The van der Waals surface area contributed by atoms with Gasteiger partial charge in [-0.25, -0.2) is 4.39 Å². The highest BCUT2D eigenvalue weighted by Gasteiger charge is 2.20. The van der Waals surface area contributed by atoms with E-state index in [9.17, 15) is 4.39 Å². The Kier molecular flexibility index (Phi) is 11.8. The third-order valence-corrected chi connectivity index (χ3v) is 4.74. The molecule has 154 valence electrons. The molecule has 1 heterocycles. The van der Waals surface area contributed by atoms with Crippen molar-refractivity contribution in [3.8, 4) is 0 Å². The summed E-state index contributed by atoms with van der Waals surface area (Å²) in [7, 11) is 5.16. The average molecular weight is 494 g/mol. The van der Waals surface area contributed by atoms with E-state index < -0.39 is 0 Å². The van der Waals surface area contributed by atoms with Gasteiger partial charge in [0.1, 0.15) is 5.82 Å². The highest BCUT2D eigenvalue weighted by molar-refractivity contribution is 14.0. The number of methoxy groups -OCH3 is 2. The number of ether oxygens (including phenoxy) is 2. The van der Waals surface area contributed by atoms with E-state index in [4.69, 9.17) is 9.47 Å². The molecular formula is C19H32FIN4O2. The molecule has 0 amide bonds. The van der Waals surface area contributed by atoms with Gasteiger partial charge in [0.2, 0.25) is 0 Å². The standard InChI is InChI=1S/C19H31FN4O2.HI/c1-21-19(23-17-8-10-24(11-9-17)12-13-25-2)22-14-18(26-3)15-4-6-16(20)7-5-15;/h4-7,17-18H,8-14H2,1-3H3,(H2,21,22,23);1H. The summed E-state index contributed by atoms with van der Waals surface area (Å²) >= 11 is 0. The van der Waals surface area contributed by atoms with Crippen molar-refractivity contribution in [3.05, 3.63) is 35.6 Å². The van der Waals surface area contributed by atoms with Crippen molar-refractivity contribution in [2.24, 2.45) is 4.99 Å². The molecule has 1 atom stereocenters. The van der Waals surface area contributed by atoms with Gasteiger partial charge in [-0.05, 0) is 30.5 Å². The zero-order valence-electron chi connectivity index (χ0n) is 16.4. The Morgan fingerprint density at radius 1 is 1.26 bits per heavy atom. The monoisotopic (exact) mass is 494 g/mol. The summed E-state index contributed by atoms with van der Waals surface area (Å²) in [6.07, 6.45) is 2.00. The fourth-order valence-corrected chi connectivity index (χ4v) is 3.11. The van der Waals surface area contributed by atoms with E-state index in [2.05, 4.69) is 20.5 Å². The van der Waals surface area contributed by atoms with E-state index in [0.29, 0.717) is 12.6 Å². The molecule has 27 heavy (non-hydrogen) atoms. The van der Waals surface area contributed by atoms with Crippen LogP contribution in [0.5, 0.6) is 0 Å². The van der Waals surface area contributed by atoms with Crippen molar-refractivity contribution in [3.63, 3.8) is 0 Å². The normalized spacial score (nSPS) is 17.3. The number of hydrogen-bond donors (Lipinski definition) is 2. The lowest BCUT2D eigenvalue weighted by molar-refractivity contribution is 0.106. The average Bonchev–Trinajstić information content (AvgIpc) is 2.68. The van der Waals surface area contributed by atoms with Crippen LogP contribution in [0.15, 0.2) is 29.3 Å². The largest absolute Gasteiger partial charge is 0.383 e. The second-order valence-corrected chi connectivity index (χ2v) is 6.48. The van der Waals surface area contributed by atoms with Crippen molar-refractivity contribution in [1.82, 2.24) is 15.5 Å². The molecule has 0 aromatic heterocycles. The van der Waals surface area contributed by atoms with Gasteiger partial charge >= 0.3 is 0 Å². The van der Waals surface area contributed by atoms with E-state index in [0.717, 1.165) is 50.6 Å². The topological polar surface area (TPSA) is 58.1 Å². The number of likely N-dealkylation sites (tertiary alicyclic amines) is 1. The van der Waals surface area contributed by atoms with Crippen LogP contribution in [-0.4, -0.2) is 71.0 Å². The van der Waals surface area contributed by atoms with Crippen LogP contribution in [0.4, 0.5) is 4.39 Å². The number of guanidine groups is 1. The lowest BCUT2D eigenvalue weighted by atomic mass is 10.1. The number of halogens is 2. The third-order valence-electron chi connectivity index (χ3n) is 4.74. The maximum absolute atomic E-state index is 13.1. The molecule has 0 bridgehead atoms. The summed E-state index contributed by atoms with van der Waals surface area (Å²) in [5.74, 6) is 0.524. The maximum atomic E-state index is 13.1. The Hall–Kier alpha value is -0.970. The summed E-state index contributed by atoms with van der Waals surface area (Å²) < 4.78 is 23.8. The quantitative estimate of drug-likeness (QED) is 0.331. The molecule has 1 aromatic rings. The molecule has 1 aromatic carbocycles. The third kappa shape index (κ3) is 8.28. The fourth-order valence-electron chi connectivity index (χ4n) is 3.11. The minimum absolute atomic E-state index is 0. The first-order chi connectivity index (χ1) is 12.7. The Balaban J connectivity index is 0.00000364. The zero-order valence-corrected chi connectivity index (χ0v) is 18.7. The minimum Gasteiger partial charge on any atom is -0.383 e. The van der Waals surface area contributed by atoms with Gasteiger partial charge in [-0.1, -0.05) is 12.1 Å². The molecule has 1 aliphatic heterocycles. The second kappa shape index (κ2) is 13.2. The highest BCUT2D eigenvalue weighted by atomic mass is 127. The molecule has 1 aliphatic rings. The number of rotatable bonds is 8. The molecule has 8 heteroatoms. The Morgan fingerprint density at radius 3 is 2.48 bits per heavy atom. The van der Waals surface area contributed by atoms with Crippen molar-refractivity contribution >= 4 is 29.9 Å². The van der Waals surface area contributed by atoms with Crippen LogP contribution in [0.25, 0.3) is 0 Å². The van der Waals surface area contributed by atoms with Crippen molar-refractivity contribution < 1.29 is 13.9 Å². The number of nitrogens with zero attached hydrogens (tertiary/aromatic N) is 2. The number of piperidine rings is 1. The van der Waals surface area contributed by atoms with Gasteiger partial charge < -0.3 is 25.0 Å². The minimum atomic E-state index is -0.245.